The monoisotopic (exact) mass is 272 g/mol. The minimum Gasteiger partial charge on any atom is -0.339 e. The van der Waals surface area contributed by atoms with E-state index in [9.17, 15) is 9.59 Å². The molecule has 0 unspecified atom stereocenters. The van der Waals surface area contributed by atoms with E-state index in [-0.39, 0.29) is 17.7 Å². The van der Waals surface area contributed by atoms with Gasteiger partial charge >= 0.3 is 0 Å². The lowest BCUT2D eigenvalue weighted by Crippen LogP contribution is -2.27. The predicted octanol–water partition coefficient (Wildman–Crippen LogP) is 2.52. The van der Waals surface area contributed by atoms with Crippen LogP contribution in [0.3, 0.4) is 0 Å². The average Bonchev–Trinajstić information content (AvgIpc) is 2.97. The van der Waals surface area contributed by atoms with Crippen molar-refractivity contribution in [3.05, 3.63) is 29.8 Å². The summed E-state index contributed by atoms with van der Waals surface area (Å²) < 4.78 is 0. The Morgan fingerprint density at radius 1 is 1.15 bits per heavy atom. The van der Waals surface area contributed by atoms with Crippen LogP contribution in [0, 0.1) is 11.8 Å². The molecule has 2 fully saturated rings. The Kier molecular flexibility index (Phi) is 3.47. The number of nitrogens with one attached hydrogen (secondary N) is 1. The molecule has 1 saturated carbocycles. The summed E-state index contributed by atoms with van der Waals surface area (Å²) in [6.45, 7) is 3.80. The number of carbonyl (C=O) groups is 2. The van der Waals surface area contributed by atoms with Gasteiger partial charge in [0.1, 0.15) is 0 Å². The quantitative estimate of drug-likeness (QED) is 0.919. The number of anilines is 1. The van der Waals surface area contributed by atoms with Crippen molar-refractivity contribution in [2.24, 2.45) is 11.8 Å². The Morgan fingerprint density at radius 3 is 2.30 bits per heavy atom. The molecule has 1 aromatic carbocycles. The summed E-state index contributed by atoms with van der Waals surface area (Å²) >= 11 is 0. The summed E-state index contributed by atoms with van der Waals surface area (Å²) in [6.07, 6.45) is 3.18. The van der Waals surface area contributed by atoms with E-state index in [1.807, 2.05) is 17.0 Å². The largest absolute Gasteiger partial charge is 0.339 e. The number of hydrogen-bond acceptors (Lipinski definition) is 2. The van der Waals surface area contributed by atoms with E-state index in [0.29, 0.717) is 11.5 Å². The highest BCUT2D eigenvalue weighted by Gasteiger charge is 2.39. The molecule has 0 radical (unpaired) electrons. The number of benzene rings is 1. The second-order valence-electron chi connectivity index (χ2n) is 5.89. The van der Waals surface area contributed by atoms with Crippen LogP contribution in [0.25, 0.3) is 0 Å². The van der Waals surface area contributed by atoms with Crippen molar-refractivity contribution in [2.75, 3.05) is 18.4 Å². The molecule has 0 aromatic heterocycles. The van der Waals surface area contributed by atoms with E-state index in [1.54, 1.807) is 12.1 Å². The molecule has 1 aliphatic carbocycles. The number of likely N-dealkylation sites (tertiary alicyclic amines) is 1. The fraction of sp³-hybridized carbons (Fsp3) is 0.500. The van der Waals surface area contributed by atoms with Crippen LogP contribution in [0.15, 0.2) is 24.3 Å². The second kappa shape index (κ2) is 5.27. The van der Waals surface area contributed by atoms with Crippen LogP contribution in [0.2, 0.25) is 0 Å². The van der Waals surface area contributed by atoms with E-state index in [4.69, 9.17) is 0 Å². The standard InChI is InChI=1S/C16H20N2O2/c1-11-10-14(11)15(19)17-13-6-4-12(5-7-13)16(20)18-8-2-3-9-18/h4-7,11,14H,2-3,8-10H2,1H3,(H,17,19)/t11-,14-/m1/s1. The first kappa shape index (κ1) is 13.2. The molecule has 4 nitrogen and oxygen atoms in total. The molecule has 3 rings (SSSR count). The first-order valence-corrected chi connectivity index (χ1v) is 7.35. The van der Waals surface area contributed by atoms with Crippen LogP contribution in [-0.2, 0) is 4.79 Å². The van der Waals surface area contributed by atoms with Crippen LogP contribution < -0.4 is 5.32 Å². The SMILES string of the molecule is C[C@@H]1C[C@H]1C(=O)Nc1ccc(C(=O)N2CCCC2)cc1. The third-order valence-electron chi connectivity index (χ3n) is 4.24. The number of carbonyl (C=O) groups excluding carboxylic acids is 2. The molecule has 0 spiro atoms. The van der Waals surface area contributed by atoms with Crippen LogP contribution in [0.5, 0.6) is 0 Å². The highest BCUT2D eigenvalue weighted by atomic mass is 16.2. The van der Waals surface area contributed by atoms with Gasteiger partial charge in [-0.25, -0.2) is 0 Å². The molecule has 4 heteroatoms. The number of rotatable bonds is 3. The molecule has 20 heavy (non-hydrogen) atoms. The van der Waals surface area contributed by atoms with Gasteiger partial charge in [0.15, 0.2) is 0 Å². The Morgan fingerprint density at radius 2 is 1.75 bits per heavy atom. The lowest BCUT2D eigenvalue weighted by molar-refractivity contribution is -0.117. The molecule has 1 heterocycles. The van der Waals surface area contributed by atoms with Gasteiger partial charge in [0, 0.05) is 30.3 Å². The molecule has 2 atom stereocenters. The summed E-state index contributed by atoms with van der Waals surface area (Å²) in [4.78, 5) is 25.9. The number of hydrogen-bond donors (Lipinski definition) is 1. The van der Waals surface area contributed by atoms with Crippen molar-refractivity contribution in [3.63, 3.8) is 0 Å². The molecule has 1 aromatic rings. The Bertz CT molecular complexity index is 518. The number of amides is 2. The van der Waals surface area contributed by atoms with Gasteiger partial charge in [0.05, 0.1) is 0 Å². The topological polar surface area (TPSA) is 49.4 Å². The molecule has 1 aliphatic heterocycles. The van der Waals surface area contributed by atoms with Gasteiger partial charge in [-0.1, -0.05) is 6.92 Å². The third kappa shape index (κ3) is 2.69. The van der Waals surface area contributed by atoms with Crippen LogP contribution in [-0.4, -0.2) is 29.8 Å². The van der Waals surface area contributed by atoms with Gasteiger partial charge in [0.2, 0.25) is 5.91 Å². The maximum atomic E-state index is 12.2. The summed E-state index contributed by atoms with van der Waals surface area (Å²) in [5.74, 6) is 0.860. The van der Waals surface area contributed by atoms with Gasteiger partial charge in [-0.15, -0.1) is 0 Å². The fourth-order valence-electron chi connectivity index (χ4n) is 2.72. The zero-order valence-corrected chi connectivity index (χ0v) is 11.8. The Labute approximate surface area is 119 Å². The molecule has 2 aliphatic rings. The van der Waals surface area contributed by atoms with Crippen molar-refractivity contribution in [1.82, 2.24) is 4.90 Å². The van der Waals surface area contributed by atoms with Crippen LogP contribution in [0.1, 0.15) is 36.5 Å². The predicted molar refractivity (Wildman–Crippen MR) is 77.5 cm³/mol. The van der Waals surface area contributed by atoms with E-state index < -0.39 is 0 Å². The normalized spacial score (nSPS) is 24.6. The van der Waals surface area contributed by atoms with Gasteiger partial charge in [0.25, 0.3) is 5.91 Å². The smallest absolute Gasteiger partial charge is 0.253 e. The van der Waals surface area contributed by atoms with Crippen LogP contribution >= 0.6 is 0 Å². The Balaban J connectivity index is 1.62. The van der Waals surface area contributed by atoms with Gasteiger partial charge < -0.3 is 10.2 Å². The Hall–Kier alpha value is -1.84. The van der Waals surface area contributed by atoms with Gasteiger partial charge in [-0.2, -0.15) is 0 Å². The maximum Gasteiger partial charge on any atom is 0.253 e. The maximum absolute atomic E-state index is 12.2. The molecule has 0 bridgehead atoms. The van der Waals surface area contributed by atoms with Crippen molar-refractivity contribution in [1.29, 1.82) is 0 Å². The van der Waals surface area contributed by atoms with Crippen molar-refractivity contribution in [2.45, 2.75) is 26.2 Å². The lowest BCUT2D eigenvalue weighted by atomic mass is 10.2. The van der Waals surface area contributed by atoms with Crippen LogP contribution in [0.4, 0.5) is 5.69 Å². The summed E-state index contributed by atoms with van der Waals surface area (Å²) in [7, 11) is 0. The minimum absolute atomic E-state index is 0.0936. The highest BCUT2D eigenvalue weighted by molar-refractivity contribution is 5.97. The van der Waals surface area contributed by atoms with Gasteiger partial charge in [-0.05, 0) is 49.4 Å². The zero-order valence-electron chi connectivity index (χ0n) is 11.8. The summed E-state index contributed by atoms with van der Waals surface area (Å²) in [5.41, 5.74) is 1.47. The molecule has 1 N–H and O–H groups in total. The van der Waals surface area contributed by atoms with Crippen molar-refractivity contribution in [3.8, 4) is 0 Å². The molecular formula is C16H20N2O2. The molecule has 106 valence electrons. The van der Waals surface area contributed by atoms with Crippen molar-refractivity contribution >= 4 is 17.5 Å². The summed E-state index contributed by atoms with van der Waals surface area (Å²) in [6, 6.07) is 7.22. The van der Waals surface area contributed by atoms with E-state index >= 15 is 0 Å². The van der Waals surface area contributed by atoms with Gasteiger partial charge in [-0.3, -0.25) is 9.59 Å². The second-order valence-corrected chi connectivity index (χ2v) is 5.89. The number of nitrogens with zero attached hydrogens (tertiary/aromatic N) is 1. The third-order valence-corrected chi connectivity index (χ3v) is 4.24. The first-order valence-electron chi connectivity index (χ1n) is 7.35. The van der Waals surface area contributed by atoms with E-state index in [0.717, 1.165) is 38.0 Å². The van der Waals surface area contributed by atoms with E-state index in [2.05, 4.69) is 12.2 Å². The van der Waals surface area contributed by atoms with Crippen molar-refractivity contribution < 1.29 is 9.59 Å². The lowest BCUT2D eigenvalue weighted by Gasteiger charge is -2.15. The zero-order chi connectivity index (χ0) is 14.1. The minimum atomic E-state index is 0.0936. The first-order chi connectivity index (χ1) is 9.65. The molecular weight excluding hydrogens is 252 g/mol. The van der Waals surface area contributed by atoms with E-state index in [1.165, 1.54) is 0 Å². The highest BCUT2D eigenvalue weighted by Crippen LogP contribution is 2.38. The molecule has 2 amide bonds. The molecule has 1 saturated heterocycles. The average molecular weight is 272 g/mol. The fourth-order valence-corrected chi connectivity index (χ4v) is 2.72. The summed E-state index contributed by atoms with van der Waals surface area (Å²) in [5, 5.41) is 2.91.